The highest BCUT2D eigenvalue weighted by molar-refractivity contribution is 7.87. The number of carbonyl (C=O) groups is 1. The smallest absolute Gasteiger partial charge is 0.159 e. The van der Waals surface area contributed by atoms with Crippen LogP contribution in [-0.2, 0) is 0 Å². The van der Waals surface area contributed by atoms with Gasteiger partial charge in [-0.25, -0.2) is 0 Å². The van der Waals surface area contributed by atoms with Gasteiger partial charge in [-0.15, -0.1) is 0 Å². The molecule has 0 fully saturated rings. The number of hydrogen-bond donors (Lipinski definition) is 0. The fourth-order valence-electron chi connectivity index (χ4n) is 3.51. The third-order valence-corrected chi connectivity index (χ3v) is 8.58. The molecule has 0 unspecified atom stereocenters. The molecule has 0 saturated heterocycles. The largest absolute Gasteiger partial charge is 0.295 e. The van der Waals surface area contributed by atoms with E-state index in [4.69, 9.17) is 4.74 Å². The highest BCUT2D eigenvalue weighted by Gasteiger charge is 2.27. The van der Waals surface area contributed by atoms with E-state index < -0.39 is 7.05 Å². The van der Waals surface area contributed by atoms with Gasteiger partial charge >= 0.3 is 0 Å². The van der Waals surface area contributed by atoms with Gasteiger partial charge in [0, 0.05) is 21.5 Å². The van der Waals surface area contributed by atoms with Crippen LogP contribution in [0.2, 0.25) is 0 Å². The molecule has 4 aromatic rings. The number of carbonyl (C=O) groups excluding carboxylic acids is 1. The van der Waals surface area contributed by atoms with Crippen molar-refractivity contribution in [1.29, 1.82) is 0 Å². The summed E-state index contributed by atoms with van der Waals surface area (Å²) in [7, 11) is -2.31. The van der Waals surface area contributed by atoms with Crippen molar-refractivity contribution in [2.75, 3.05) is 0 Å². The zero-order chi connectivity index (χ0) is 20.1. The third-order valence-electron chi connectivity index (χ3n) is 4.91. The summed E-state index contributed by atoms with van der Waals surface area (Å²) in [5, 5.41) is 3.56. The van der Waals surface area contributed by atoms with E-state index in [-0.39, 0.29) is 5.78 Å². The molecule has 4 aromatic carbocycles. The summed E-state index contributed by atoms with van der Waals surface area (Å²) in [6, 6.07) is 39.1. The average molecular weight is 395 g/mol. The molecule has 0 aliphatic rings. The molecule has 0 spiro atoms. The Labute approximate surface area is 171 Å². The Hall–Kier alpha value is -3.22. The lowest BCUT2D eigenvalue weighted by atomic mass is 10.1. The summed E-state index contributed by atoms with van der Waals surface area (Å²) in [4.78, 5) is 11.9. The van der Waals surface area contributed by atoms with Gasteiger partial charge in [-0.1, -0.05) is 103 Å². The van der Waals surface area contributed by atoms with Gasteiger partial charge in [0.05, 0.1) is 12.7 Å². The van der Waals surface area contributed by atoms with Crippen molar-refractivity contribution in [3.63, 3.8) is 0 Å². The van der Waals surface area contributed by atoms with Gasteiger partial charge < -0.3 is 0 Å². The first-order valence-electron chi connectivity index (χ1n) is 9.60. The van der Waals surface area contributed by atoms with Gasteiger partial charge in [0.15, 0.2) is 5.78 Å². The Morgan fingerprint density at radius 2 is 1.07 bits per heavy atom. The molecule has 0 radical (unpaired) electrons. The minimum Gasteiger partial charge on any atom is -0.295 e. The molecule has 3 heteroatoms. The maximum atomic E-state index is 11.9. The van der Waals surface area contributed by atoms with Crippen LogP contribution in [0.15, 0.2) is 120 Å². The van der Waals surface area contributed by atoms with E-state index in [0.29, 0.717) is 5.56 Å². The number of benzene rings is 4. The third kappa shape index (κ3) is 3.85. The van der Waals surface area contributed by atoms with Gasteiger partial charge in [-0.3, -0.25) is 9.54 Å². The summed E-state index contributed by atoms with van der Waals surface area (Å²) in [5.41, 5.74) is 1.50. The lowest BCUT2D eigenvalue weighted by Crippen LogP contribution is -2.25. The second-order valence-electron chi connectivity index (χ2n) is 6.85. The SMILES string of the molecule is CC(=O)c1cccc(N=P(c2ccccc2)(c2ccccc2)c2ccccc2)c1. The minimum atomic E-state index is -2.31. The number of rotatable bonds is 5. The van der Waals surface area contributed by atoms with Gasteiger partial charge in [-0.2, -0.15) is 0 Å². The maximum absolute atomic E-state index is 11.9. The molecule has 0 atom stereocenters. The van der Waals surface area contributed by atoms with Crippen LogP contribution in [0.4, 0.5) is 5.69 Å². The lowest BCUT2D eigenvalue weighted by molar-refractivity contribution is 0.101. The van der Waals surface area contributed by atoms with E-state index in [1.807, 2.05) is 42.5 Å². The van der Waals surface area contributed by atoms with Gasteiger partial charge in [-0.05, 0) is 19.1 Å². The van der Waals surface area contributed by atoms with E-state index in [1.165, 1.54) is 15.9 Å². The van der Waals surface area contributed by atoms with Crippen molar-refractivity contribution in [3.05, 3.63) is 121 Å². The van der Waals surface area contributed by atoms with E-state index >= 15 is 0 Å². The maximum Gasteiger partial charge on any atom is 0.159 e. The van der Waals surface area contributed by atoms with Crippen LogP contribution in [0.5, 0.6) is 0 Å². The number of nitrogens with zero attached hydrogens (tertiary/aromatic N) is 1. The van der Waals surface area contributed by atoms with Crippen LogP contribution in [-0.4, -0.2) is 5.78 Å². The molecule has 0 aromatic heterocycles. The number of hydrogen-bond acceptors (Lipinski definition) is 2. The van der Waals surface area contributed by atoms with E-state index in [0.717, 1.165) is 5.69 Å². The van der Waals surface area contributed by atoms with Crippen molar-refractivity contribution < 1.29 is 4.79 Å². The van der Waals surface area contributed by atoms with Crippen LogP contribution in [0, 0.1) is 0 Å². The van der Waals surface area contributed by atoms with Crippen molar-refractivity contribution in [1.82, 2.24) is 0 Å². The highest BCUT2D eigenvalue weighted by Crippen LogP contribution is 2.49. The first kappa shape index (κ1) is 19.1. The Morgan fingerprint density at radius 1 is 0.621 bits per heavy atom. The minimum absolute atomic E-state index is 0.0464. The Kier molecular flexibility index (Phi) is 5.55. The number of ketones is 1. The quantitative estimate of drug-likeness (QED) is 0.315. The van der Waals surface area contributed by atoms with Crippen LogP contribution in [0.25, 0.3) is 0 Å². The van der Waals surface area contributed by atoms with E-state index in [1.54, 1.807) is 6.92 Å². The monoisotopic (exact) mass is 395 g/mol. The Balaban J connectivity index is 2.11. The average Bonchev–Trinajstić information content (AvgIpc) is 2.79. The van der Waals surface area contributed by atoms with E-state index in [2.05, 4.69) is 72.8 Å². The Bertz CT molecular complexity index is 1070. The molecule has 0 amide bonds. The summed E-state index contributed by atoms with van der Waals surface area (Å²) in [6.45, 7) is 1.59. The molecule has 0 heterocycles. The molecule has 0 N–H and O–H groups in total. The predicted octanol–water partition coefficient (Wildman–Crippen LogP) is 5.70. The fraction of sp³-hybridized carbons (Fsp3) is 0.0385. The number of Topliss-reactive ketones (excluding diaryl/α,β-unsaturated/α-hetero) is 1. The van der Waals surface area contributed by atoms with Gasteiger partial charge in [0.1, 0.15) is 0 Å². The molecule has 0 saturated carbocycles. The normalized spacial score (nSPS) is 11.1. The molecular weight excluding hydrogens is 373 g/mol. The van der Waals surface area contributed by atoms with Gasteiger partial charge in [0.25, 0.3) is 0 Å². The second kappa shape index (κ2) is 8.43. The Morgan fingerprint density at radius 3 is 1.48 bits per heavy atom. The van der Waals surface area contributed by atoms with Crippen molar-refractivity contribution in [3.8, 4) is 0 Å². The molecule has 4 rings (SSSR count). The van der Waals surface area contributed by atoms with Crippen molar-refractivity contribution in [2.45, 2.75) is 6.92 Å². The molecule has 29 heavy (non-hydrogen) atoms. The van der Waals surface area contributed by atoms with E-state index in [9.17, 15) is 4.79 Å². The highest BCUT2D eigenvalue weighted by atomic mass is 31.2. The zero-order valence-corrected chi connectivity index (χ0v) is 17.2. The molecule has 2 nitrogen and oxygen atoms in total. The van der Waals surface area contributed by atoms with Crippen LogP contribution in [0.1, 0.15) is 17.3 Å². The summed E-state index contributed by atoms with van der Waals surface area (Å²) < 4.78 is 5.40. The van der Waals surface area contributed by atoms with Crippen LogP contribution in [0.3, 0.4) is 0 Å². The lowest BCUT2D eigenvalue weighted by Gasteiger charge is -2.27. The molecule has 142 valence electrons. The van der Waals surface area contributed by atoms with Crippen LogP contribution >= 0.6 is 7.05 Å². The summed E-state index contributed by atoms with van der Waals surface area (Å²) in [5.74, 6) is 0.0464. The molecular formula is C26H22NOP. The summed E-state index contributed by atoms with van der Waals surface area (Å²) in [6.07, 6.45) is 0. The molecule has 0 aliphatic heterocycles. The van der Waals surface area contributed by atoms with Crippen molar-refractivity contribution >= 4 is 34.4 Å². The molecule has 0 aliphatic carbocycles. The fourth-order valence-corrected chi connectivity index (χ4v) is 7.03. The summed E-state index contributed by atoms with van der Waals surface area (Å²) >= 11 is 0. The zero-order valence-electron chi connectivity index (χ0n) is 16.3. The van der Waals surface area contributed by atoms with Gasteiger partial charge in [0.2, 0.25) is 0 Å². The standard InChI is InChI=1S/C26H22NOP/c1-21(28)22-12-11-13-23(20-22)27-29(24-14-5-2-6-15-24,25-16-7-3-8-17-25)26-18-9-4-10-19-26/h2-20H,1H3. The molecule has 0 bridgehead atoms. The van der Waals surface area contributed by atoms with Crippen LogP contribution < -0.4 is 15.9 Å². The first-order valence-corrected chi connectivity index (χ1v) is 11.3. The topological polar surface area (TPSA) is 29.4 Å². The van der Waals surface area contributed by atoms with Crippen molar-refractivity contribution in [2.24, 2.45) is 4.74 Å². The first-order chi connectivity index (χ1) is 14.2. The predicted molar refractivity (Wildman–Crippen MR) is 124 cm³/mol. The second-order valence-corrected chi connectivity index (χ2v) is 9.87.